The molecule has 1 aromatic heterocycles. The molecule has 9 heteroatoms. The van der Waals surface area contributed by atoms with Crippen LogP contribution in [-0.4, -0.2) is 93.5 Å². The first-order valence-corrected chi connectivity index (χ1v) is 11.2. The van der Waals surface area contributed by atoms with Crippen molar-refractivity contribution in [2.45, 2.75) is 20.3 Å². The van der Waals surface area contributed by atoms with Gasteiger partial charge in [-0.2, -0.15) is 0 Å². The number of fused-ring (bicyclic) bond motifs is 1. The Labute approximate surface area is 194 Å². The van der Waals surface area contributed by atoms with Crippen molar-refractivity contribution in [3.05, 3.63) is 39.2 Å². The Morgan fingerprint density at radius 2 is 1.85 bits per heavy atom. The molecule has 0 aliphatic carbocycles. The van der Waals surface area contributed by atoms with Gasteiger partial charge in [0.2, 0.25) is 11.8 Å². The molecule has 1 aliphatic rings. The van der Waals surface area contributed by atoms with E-state index >= 15 is 0 Å². The van der Waals surface area contributed by atoms with Gasteiger partial charge in [-0.05, 0) is 51.2 Å². The maximum absolute atomic E-state index is 13.0. The average molecular weight is 459 g/mol. The lowest BCUT2D eigenvalue weighted by Gasteiger charge is -2.34. The lowest BCUT2D eigenvalue weighted by Crippen LogP contribution is -2.51. The molecule has 180 valence electrons. The summed E-state index contributed by atoms with van der Waals surface area (Å²) in [6.07, 6.45) is -0.0217. The number of likely N-dealkylation sites (N-methyl/N-ethyl adjacent to an activating group) is 1. The summed E-state index contributed by atoms with van der Waals surface area (Å²) in [4.78, 5) is 43.5. The van der Waals surface area contributed by atoms with Crippen LogP contribution in [0.1, 0.15) is 16.7 Å². The van der Waals surface area contributed by atoms with Crippen molar-refractivity contribution >= 4 is 22.8 Å². The van der Waals surface area contributed by atoms with E-state index in [1.807, 2.05) is 43.8 Å². The first-order chi connectivity index (χ1) is 15.7. The molecule has 0 spiro atoms. The van der Waals surface area contributed by atoms with Gasteiger partial charge in [-0.15, -0.1) is 0 Å². The van der Waals surface area contributed by atoms with Gasteiger partial charge in [-0.25, -0.2) is 4.79 Å². The Hall–Kier alpha value is -2.91. The zero-order valence-corrected chi connectivity index (χ0v) is 20.2. The lowest BCUT2D eigenvalue weighted by molar-refractivity contribution is -0.132. The van der Waals surface area contributed by atoms with Crippen LogP contribution in [-0.2, 0) is 16.0 Å². The Morgan fingerprint density at radius 3 is 2.48 bits per heavy atom. The standard InChI is InChI=1S/C24H34N4O5/c1-16-12-19(32-5)23-17(2)18(24(31)33-20(23)13-16)14-22(30)28-10-8-27(9-11-28)15-21(29)25-6-7-26(3)4/h12-13H,6-11,14-15H2,1-5H3,(H,25,29). The zero-order chi connectivity index (χ0) is 24.1. The number of ether oxygens (including phenoxy) is 1. The van der Waals surface area contributed by atoms with E-state index in [-0.39, 0.29) is 18.2 Å². The minimum atomic E-state index is -0.492. The van der Waals surface area contributed by atoms with Crippen LogP contribution >= 0.6 is 0 Å². The summed E-state index contributed by atoms with van der Waals surface area (Å²) in [5.74, 6) is 0.494. The number of carbonyl (C=O) groups is 2. The summed E-state index contributed by atoms with van der Waals surface area (Å²) in [6.45, 7) is 7.73. The molecular weight excluding hydrogens is 424 g/mol. The monoisotopic (exact) mass is 458 g/mol. The van der Waals surface area contributed by atoms with Gasteiger partial charge >= 0.3 is 5.63 Å². The van der Waals surface area contributed by atoms with E-state index in [1.54, 1.807) is 18.1 Å². The third kappa shape index (κ3) is 6.11. The van der Waals surface area contributed by atoms with Gasteiger partial charge in [-0.3, -0.25) is 14.5 Å². The predicted molar refractivity (Wildman–Crippen MR) is 127 cm³/mol. The van der Waals surface area contributed by atoms with E-state index in [9.17, 15) is 14.4 Å². The molecule has 2 heterocycles. The number of rotatable bonds is 8. The van der Waals surface area contributed by atoms with Crippen LogP contribution in [0.3, 0.4) is 0 Å². The molecule has 1 aromatic carbocycles. The van der Waals surface area contributed by atoms with Crippen molar-refractivity contribution < 1.29 is 18.7 Å². The smallest absolute Gasteiger partial charge is 0.340 e. The summed E-state index contributed by atoms with van der Waals surface area (Å²) in [5, 5.41) is 3.63. The highest BCUT2D eigenvalue weighted by Gasteiger charge is 2.25. The Bertz CT molecular complexity index is 1070. The normalized spacial score (nSPS) is 14.7. The molecule has 0 saturated carbocycles. The van der Waals surface area contributed by atoms with Crippen LogP contribution in [0.4, 0.5) is 0 Å². The minimum Gasteiger partial charge on any atom is -0.496 e. The van der Waals surface area contributed by atoms with E-state index in [4.69, 9.17) is 9.15 Å². The average Bonchev–Trinajstić information content (AvgIpc) is 2.75. The fraction of sp³-hybridized carbons (Fsp3) is 0.542. The highest BCUT2D eigenvalue weighted by Crippen LogP contribution is 2.31. The third-order valence-corrected chi connectivity index (χ3v) is 6.01. The zero-order valence-electron chi connectivity index (χ0n) is 20.2. The second kappa shape index (κ2) is 10.8. The second-order valence-electron chi connectivity index (χ2n) is 8.82. The summed E-state index contributed by atoms with van der Waals surface area (Å²) in [5.41, 5.74) is 1.96. The molecule has 1 saturated heterocycles. The Morgan fingerprint density at radius 1 is 1.15 bits per heavy atom. The number of nitrogens with one attached hydrogen (secondary N) is 1. The number of carbonyl (C=O) groups excluding carboxylic acids is 2. The van der Waals surface area contributed by atoms with E-state index in [0.29, 0.717) is 61.7 Å². The van der Waals surface area contributed by atoms with Gasteiger partial charge in [-0.1, -0.05) is 0 Å². The third-order valence-electron chi connectivity index (χ3n) is 6.01. The van der Waals surface area contributed by atoms with Crippen LogP contribution in [0.15, 0.2) is 21.3 Å². The highest BCUT2D eigenvalue weighted by molar-refractivity contribution is 5.89. The van der Waals surface area contributed by atoms with Gasteiger partial charge in [0, 0.05) is 39.3 Å². The van der Waals surface area contributed by atoms with Gasteiger partial charge in [0.25, 0.3) is 0 Å². The fourth-order valence-corrected chi connectivity index (χ4v) is 4.10. The van der Waals surface area contributed by atoms with Gasteiger partial charge < -0.3 is 24.3 Å². The minimum absolute atomic E-state index is 0.00907. The molecule has 0 atom stereocenters. The lowest BCUT2D eigenvalue weighted by atomic mass is 10.0. The highest BCUT2D eigenvalue weighted by atomic mass is 16.5. The van der Waals surface area contributed by atoms with Gasteiger partial charge in [0.05, 0.1) is 31.0 Å². The second-order valence-corrected chi connectivity index (χ2v) is 8.82. The van der Waals surface area contributed by atoms with E-state index in [1.165, 1.54) is 0 Å². The molecule has 2 amide bonds. The van der Waals surface area contributed by atoms with Crippen LogP contribution in [0, 0.1) is 13.8 Å². The van der Waals surface area contributed by atoms with Crippen LogP contribution in [0.2, 0.25) is 0 Å². The number of aryl methyl sites for hydroxylation is 2. The number of methoxy groups -OCH3 is 1. The van der Waals surface area contributed by atoms with Crippen molar-refractivity contribution in [3.63, 3.8) is 0 Å². The number of nitrogens with zero attached hydrogens (tertiary/aromatic N) is 3. The molecule has 2 aromatic rings. The maximum atomic E-state index is 13.0. The molecule has 0 radical (unpaired) electrons. The van der Waals surface area contributed by atoms with E-state index in [0.717, 1.165) is 17.5 Å². The van der Waals surface area contributed by atoms with Crippen molar-refractivity contribution in [2.24, 2.45) is 0 Å². The largest absolute Gasteiger partial charge is 0.496 e. The Kier molecular flexibility index (Phi) is 8.10. The van der Waals surface area contributed by atoms with Crippen molar-refractivity contribution in [1.82, 2.24) is 20.0 Å². The SMILES string of the molecule is COc1cc(C)cc2oc(=O)c(CC(=O)N3CCN(CC(=O)NCCN(C)C)CC3)c(C)c12. The number of piperazine rings is 1. The number of hydrogen-bond acceptors (Lipinski definition) is 7. The fourth-order valence-electron chi connectivity index (χ4n) is 4.10. The van der Waals surface area contributed by atoms with Crippen molar-refractivity contribution in [3.8, 4) is 5.75 Å². The number of amides is 2. The summed E-state index contributed by atoms with van der Waals surface area (Å²) >= 11 is 0. The molecule has 9 nitrogen and oxygen atoms in total. The molecule has 0 bridgehead atoms. The quantitative estimate of drug-likeness (QED) is 0.584. The molecule has 1 N–H and O–H groups in total. The van der Waals surface area contributed by atoms with Gasteiger partial charge in [0.1, 0.15) is 11.3 Å². The summed E-state index contributed by atoms with van der Waals surface area (Å²) < 4.78 is 11.0. The van der Waals surface area contributed by atoms with Crippen LogP contribution < -0.4 is 15.7 Å². The van der Waals surface area contributed by atoms with Gasteiger partial charge in [0.15, 0.2) is 0 Å². The molecule has 33 heavy (non-hydrogen) atoms. The first kappa shape index (κ1) is 24.7. The number of hydrogen-bond donors (Lipinski definition) is 1. The molecule has 0 unspecified atom stereocenters. The first-order valence-electron chi connectivity index (χ1n) is 11.2. The van der Waals surface area contributed by atoms with Crippen LogP contribution in [0.5, 0.6) is 5.75 Å². The summed E-state index contributed by atoms with van der Waals surface area (Å²) in [7, 11) is 5.50. The molecule has 3 rings (SSSR count). The predicted octanol–water partition coefficient (Wildman–Crippen LogP) is 0.783. The summed E-state index contributed by atoms with van der Waals surface area (Å²) in [6, 6.07) is 3.69. The maximum Gasteiger partial charge on any atom is 0.340 e. The van der Waals surface area contributed by atoms with Crippen molar-refractivity contribution in [1.29, 1.82) is 0 Å². The molecular formula is C24H34N4O5. The number of benzene rings is 1. The van der Waals surface area contributed by atoms with E-state index in [2.05, 4.69) is 5.32 Å². The van der Waals surface area contributed by atoms with Crippen molar-refractivity contribution in [2.75, 3.05) is 67.0 Å². The Balaban J connectivity index is 1.62. The van der Waals surface area contributed by atoms with E-state index < -0.39 is 5.63 Å². The molecule has 1 aliphatic heterocycles. The van der Waals surface area contributed by atoms with Crippen LogP contribution in [0.25, 0.3) is 11.0 Å². The topological polar surface area (TPSA) is 95.3 Å². The molecule has 1 fully saturated rings.